The number of hydrogen-bond acceptors (Lipinski definition) is 10. The van der Waals surface area contributed by atoms with E-state index in [4.69, 9.17) is 23.3 Å². The number of aliphatic hydroxyl groups is 1. The third kappa shape index (κ3) is 10.2. The minimum atomic E-state index is -4.10. The Morgan fingerprint density at radius 2 is 1.67 bits per heavy atom. The highest BCUT2D eigenvalue weighted by molar-refractivity contribution is 7.90. The molecule has 3 rings (SSSR count). The van der Waals surface area contributed by atoms with Gasteiger partial charge in [0.05, 0.1) is 32.5 Å². The largest absolute Gasteiger partial charge is 0.493 e. The fourth-order valence-electron chi connectivity index (χ4n) is 5.07. The summed E-state index contributed by atoms with van der Waals surface area (Å²) in [6, 6.07) is 11.7. The zero-order valence-electron chi connectivity index (χ0n) is 28.0. The highest BCUT2D eigenvalue weighted by atomic mass is 32.2. The quantitative estimate of drug-likeness (QED) is 0.193. The number of nitrogens with zero attached hydrogens (tertiary/aromatic N) is 1. The first-order valence-electron chi connectivity index (χ1n) is 15.5. The molecule has 0 saturated carbocycles. The molecule has 0 spiro atoms. The van der Waals surface area contributed by atoms with E-state index in [1.807, 2.05) is 44.2 Å². The van der Waals surface area contributed by atoms with E-state index in [1.165, 1.54) is 11.4 Å². The van der Waals surface area contributed by atoms with E-state index in [2.05, 4.69) is 5.32 Å². The molecule has 2 aromatic rings. The number of benzene rings is 2. The van der Waals surface area contributed by atoms with Gasteiger partial charge in [-0.25, -0.2) is 13.2 Å². The number of alkyl carbamates (subject to hydrolysis) is 1. The standard InChI is InChI=1S/C32H49N2O10PS/c1-9-42-45(37,43-10-2)21-41-29-27(40-8)17-16-24-28(29)30(24)46(38,39)34(19-22(3)4)20-26(35)25(18-23-14-12-11-13-15-23)33-31(36)44-32(5,6)7/h11-17,22,25-26,30,35H,9-10,18-21H2,1-8H3,(H,33,36)/t25-,26+,30?/m0/s1. The molecular formula is C32H49N2O10PS. The Bertz CT molecular complexity index is 1450. The van der Waals surface area contributed by atoms with Crippen LogP contribution in [0.5, 0.6) is 11.5 Å². The zero-order valence-corrected chi connectivity index (χ0v) is 29.7. The molecule has 1 amide bonds. The zero-order chi connectivity index (χ0) is 34.3. The lowest BCUT2D eigenvalue weighted by Crippen LogP contribution is -2.52. The van der Waals surface area contributed by atoms with E-state index in [0.29, 0.717) is 11.1 Å². The third-order valence-corrected chi connectivity index (χ3v) is 10.8. The smallest absolute Gasteiger partial charge is 0.407 e. The van der Waals surface area contributed by atoms with Crippen molar-refractivity contribution in [2.24, 2.45) is 5.92 Å². The normalized spacial score (nSPS) is 16.1. The van der Waals surface area contributed by atoms with E-state index < -0.39 is 53.1 Å². The van der Waals surface area contributed by atoms with Crippen molar-refractivity contribution in [2.75, 3.05) is 39.8 Å². The van der Waals surface area contributed by atoms with Gasteiger partial charge in [0.2, 0.25) is 10.0 Å². The summed E-state index contributed by atoms with van der Waals surface area (Å²) in [5.41, 5.74) is 0.974. The summed E-state index contributed by atoms with van der Waals surface area (Å²) in [5, 5.41) is 13.2. The van der Waals surface area contributed by atoms with E-state index in [-0.39, 0.29) is 50.1 Å². The van der Waals surface area contributed by atoms with Crippen molar-refractivity contribution in [2.45, 2.75) is 77.9 Å². The molecule has 0 radical (unpaired) electrons. The van der Waals surface area contributed by atoms with Gasteiger partial charge in [0.1, 0.15) is 10.9 Å². The van der Waals surface area contributed by atoms with E-state index in [9.17, 15) is 22.9 Å². The highest BCUT2D eigenvalue weighted by Crippen LogP contribution is 2.58. The second kappa shape index (κ2) is 16.0. The van der Waals surface area contributed by atoms with E-state index in [0.717, 1.165) is 5.56 Å². The van der Waals surface area contributed by atoms with Crippen molar-refractivity contribution in [3.8, 4) is 11.5 Å². The molecule has 1 aliphatic carbocycles. The lowest BCUT2D eigenvalue weighted by molar-refractivity contribution is 0.0400. The summed E-state index contributed by atoms with van der Waals surface area (Å²) < 4.78 is 70.4. The molecule has 14 heteroatoms. The Morgan fingerprint density at radius 1 is 1.04 bits per heavy atom. The molecule has 258 valence electrons. The van der Waals surface area contributed by atoms with Crippen molar-refractivity contribution in [3.63, 3.8) is 0 Å². The molecule has 0 bridgehead atoms. The summed E-state index contributed by atoms with van der Waals surface area (Å²) in [6.45, 7) is 12.5. The van der Waals surface area contributed by atoms with Crippen LogP contribution in [-0.4, -0.2) is 81.4 Å². The number of ether oxygens (including phenoxy) is 3. The van der Waals surface area contributed by atoms with Gasteiger partial charge < -0.3 is 33.7 Å². The summed E-state index contributed by atoms with van der Waals surface area (Å²) >= 11 is 0. The van der Waals surface area contributed by atoms with Gasteiger partial charge in [0.15, 0.2) is 17.8 Å². The average molecular weight is 685 g/mol. The van der Waals surface area contributed by atoms with Crippen LogP contribution in [0.1, 0.15) is 70.4 Å². The van der Waals surface area contributed by atoms with Crippen LogP contribution in [-0.2, 0) is 34.8 Å². The van der Waals surface area contributed by atoms with Crippen LogP contribution in [0.25, 0.3) is 0 Å². The monoisotopic (exact) mass is 684 g/mol. The summed E-state index contributed by atoms with van der Waals surface area (Å²) in [7, 11) is -6.28. The summed E-state index contributed by atoms with van der Waals surface area (Å²) in [6.07, 6.45) is -2.18. The van der Waals surface area contributed by atoms with Gasteiger partial charge in [-0.05, 0) is 64.2 Å². The number of carbonyl (C=O) groups excluding carboxylic acids is 1. The Morgan fingerprint density at radius 3 is 2.22 bits per heavy atom. The predicted molar refractivity (Wildman–Crippen MR) is 176 cm³/mol. The number of sulfonamides is 1. The predicted octanol–water partition coefficient (Wildman–Crippen LogP) is 5.49. The molecular weight excluding hydrogens is 635 g/mol. The maximum Gasteiger partial charge on any atom is 0.407 e. The van der Waals surface area contributed by atoms with Gasteiger partial charge in [-0.2, -0.15) is 4.31 Å². The van der Waals surface area contributed by atoms with Crippen molar-refractivity contribution in [3.05, 3.63) is 59.2 Å². The van der Waals surface area contributed by atoms with Crippen LogP contribution < -0.4 is 14.8 Å². The second-order valence-corrected chi connectivity index (χ2v) is 16.5. The molecule has 12 nitrogen and oxygen atoms in total. The maximum absolute atomic E-state index is 14.3. The molecule has 3 atom stereocenters. The first-order valence-corrected chi connectivity index (χ1v) is 18.7. The van der Waals surface area contributed by atoms with Gasteiger partial charge in [-0.15, -0.1) is 0 Å². The molecule has 1 unspecified atom stereocenters. The second-order valence-electron chi connectivity index (χ2n) is 12.5. The topological polar surface area (TPSA) is 150 Å². The Labute approximate surface area is 273 Å². The molecule has 0 aromatic heterocycles. The van der Waals surface area contributed by atoms with Gasteiger partial charge >= 0.3 is 13.7 Å². The van der Waals surface area contributed by atoms with Gasteiger partial charge in [0.25, 0.3) is 0 Å². The van der Waals surface area contributed by atoms with Crippen LogP contribution in [0, 0.1) is 5.92 Å². The maximum atomic E-state index is 14.3. The molecule has 0 saturated heterocycles. The average Bonchev–Trinajstić information content (AvgIpc) is 3.70. The van der Waals surface area contributed by atoms with Crippen molar-refractivity contribution in [1.82, 2.24) is 9.62 Å². The Kier molecular flexibility index (Phi) is 13.1. The Hall–Kier alpha value is -2.67. The molecule has 46 heavy (non-hydrogen) atoms. The summed E-state index contributed by atoms with van der Waals surface area (Å²) in [4.78, 5) is 12.8. The van der Waals surface area contributed by atoms with Crippen LogP contribution in [0.4, 0.5) is 4.79 Å². The first kappa shape index (κ1) is 37.8. The minimum Gasteiger partial charge on any atom is -0.493 e. The lowest BCUT2D eigenvalue weighted by atomic mass is 10.0. The van der Waals surface area contributed by atoms with Gasteiger partial charge in [0, 0.05) is 18.7 Å². The number of nitrogens with one attached hydrogen (secondary N) is 1. The SMILES string of the molecule is CCOP(=O)(COc1c(OC)ccc2c1C2S(=O)(=O)N(CC(C)C)C[C@@H](O)[C@H](Cc1ccccc1)NC(=O)OC(C)(C)C)OCC. The minimum absolute atomic E-state index is 0.0799. The van der Waals surface area contributed by atoms with Crippen LogP contribution >= 0.6 is 7.60 Å². The number of hydrogen-bond donors (Lipinski definition) is 2. The van der Waals surface area contributed by atoms with Crippen LogP contribution in [0.3, 0.4) is 0 Å². The number of methoxy groups -OCH3 is 1. The van der Waals surface area contributed by atoms with Crippen molar-refractivity contribution >= 4 is 23.7 Å². The summed E-state index contributed by atoms with van der Waals surface area (Å²) in [5.74, 6) is 0.339. The van der Waals surface area contributed by atoms with Crippen molar-refractivity contribution in [1.29, 1.82) is 0 Å². The van der Waals surface area contributed by atoms with E-state index in [1.54, 1.807) is 46.8 Å². The van der Waals surface area contributed by atoms with Gasteiger partial charge in [-0.1, -0.05) is 50.2 Å². The number of fused-ring (bicyclic) bond motifs is 1. The third-order valence-electron chi connectivity index (χ3n) is 6.98. The lowest BCUT2D eigenvalue weighted by Gasteiger charge is -2.31. The van der Waals surface area contributed by atoms with Crippen LogP contribution in [0.15, 0.2) is 42.5 Å². The van der Waals surface area contributed by atoms with Crippen LogP contribution in [0.2, 0.25) is 0 Å². The number of aliphatic hydroxyl groups excluding tert-OH is 1. The fraction of sp³-hybridized carbons (Fsp3) is 0.594. The first-order chi connectivity index (χ1) is 21.5. The molecule has 0 heterocycles. The molecule has 0 aliphatic heterocycles. The molecule has 0 fully saturated rings. The Balaban J connectivity index is 1.90. The number of carbonyl (C=O) groups is 1. The number of amides is 1. The number of rotatable bonds is 18. The van der Waals surface area contributed by atoms with E-state index >= 15 is 0 Å². The molecule has 2 aromatic carbocycles. The highest BCUT2D eigenvalue weighted by Gasteiger charge is 2.51. The fourth-order valence-corrected chi connectivity index (χ4v) is 8.53. The molecule has 1 aliphatic rings. The van der Waals surface area contributed by atoms with Gasteiger partial charge in [-0.3, -0.25) is 4.57 Å². The van der Waals surface area contributed by atoms with Crippen molar-refractivity contribution < 1.29 is 46.1 Å². The molecule has 2 N–H and O–H groups in total.